The molecule has 1 atom stereocenters. The second-order valence-electron chi connectivity index (χ2n) is 5.87. The van der Waals surface area contributed by atoms with Gasteiger partial charge in [0.05, 0.1) is 17.6 Å². The van der Waals surface area contributed by atoms with Gasteiger partial charge < -0.3 is 14.6 Å². The largest absolute Gasteiger partial charge is 0.481 e. The molecule has 0 aliphatic rings. The highest BCUT2D eigenvalue weighted by molar-refractivity contribution is 5.81. The summed E-state index contributed by atoms with van der Waals surface area (Å²) in [6.45, 7) is 4.10. The summed E-state index contributed by atoms with van der Waals surface area (Å²) in [5.41, 5.74) is 3.07. The van der Waals surface area contributed by atoms with Crippen molar-refractivity contribution >= 4 is 16.9 Å². The third-order valence-corrected chi connectivity index (χ3v) is 3.97. The quantitative estimate of drug-likeness (QED) is 0.785. The SMILES string of the molecule is Cc1cccc(OC(C)C(=O)NCc2nc3ccccc3n2C)c1. The zero-order valence-corrected chi connectivity index (χ0v) is 14.1. The molecule has 0 radical (unpaired) electrons. The molecule has 0 bridgehead atoms. The van der Waals surface area contributed by atoms with Gasteiger partial charge >= 0.3 is 0 Å². The molecule has 0 saturated heterocycles. The van der Waals surface area contributed by atoms with E-state index < -0.39 is 6.10 Å². The topological polar surface area (TPSA) is 56.1 Å². The summed E-state index contributed by atoms with van der Waals surface area (Å²) in [7, 11) is 1.95. The number of aryl methyl sites for hydroxylation is 2. The smallest absolute Gasteiger partial charge is 0.261 e. The van der Waals surface area contributed by atoms with E-state index in [0.717, 1.165) is 22.4 Å². The van der Waals surface area contributed by atoms with Crippen LogP contribution in [0.4, 0.5) is 0 Å². The summed E-state index contributed by atoms with van der Waals surface area (Å²) in [6, 6.07) is 15.6. The van der Waals surface area contributed by atoms with E-state index in [9.17, 15) is 4.79 Å². The van der Waals surface area contributed by atoms with E-state index in [1.807, 2.05) is 67.1 Å². The van der Waals surface area contributed by atoms with Gasteiger partial charge in [0, 0.05) is 7.05 Å². The number of amides is 1. The molecule has 5 nitrogen and oxygen atoms in total. The molecule has 0 saturated carbocycles. The Morgan fingerprint density at radius 3 is 2.79 bits per heavy atom. The Labute approximate surface area is 141 Å². The van der Waals surface area contributed by atoms with Crippen LogP contribution in [0, 0.1) is 6.92 Å². The van der Waals surface area contributed by atoms with Crippen molar-refractivity contribution in [1.29, 1.82) is 0 Å². The molecular weight excluding hydrogens is 302 g/mol. The first kappa shape index (κ1) is 16.1. The number of rotatable bonds is 5. The zero-order valence-electron chi connectivity index (χ0n) is 14.1. The predicted molar refractivity (Wildman–Crippen MR) is 93.8 cm³/mol. The van der Waals surface area contributed by atoms with E-state index in [0.29, 0.717) is 12.3 Å². The van der Waals surface area contributed by atoms with Crippen molar-refractivity contribution in [3.8, 4) is 5.75 Å². The number of nitrogens with one attached hydrogen (secondary N) is 1. The number of carbonyl (C=O) groups is 1. The van der Waals surface area contributed by atoms with Crippen LogP contribution in [-0.4, -0.2) is 21.6 Å². The highest BCUT2D eigenvalue weighted by Crippen LogP contribution is 2.15. The summed E-state index contributed by atoms with van der Waals surface area (Å²) in [4.78, 5) is 16.8. The maximum atomic E-state index is 12.3. The normalized spacial score (nSPS) is 12.1. The third kappa shape index (κ3) is 3.40. The number of nitrogens with zero attached hydrogens (tertiary/aromatic N) is 2. The Hall–Kier alpha value is -2.82. The number of aromatic nitrogens is 2. The molecule has 1 amide bonds. The first-order valence-corrected chi connectivity index (χ1v) is 7.96. The molecule has 1 heterocycles. The Morgan fingerprint density at radius 1 is 1.25 bits per heavy atom. The minimum absolute atomic E-state index is 0.163. The number of benzene rings is 2. The number of carbonyl (C=O) groups excluding carboxylic acids is 1. The van der Waals surface area contributed by atoms with E-state index in [-0.39, 0.29) is 5.91 Å². The number of hydrogen-bond acceptors (Lipinski definition) is 3. The van der Waals surface area contributed by atoms with Crippen molar-refractivity contribution in [3.63, 3.8) is 0 Å². The fraction of sp³-hybridized carbons (Fsp3) is 0.263. The van der Waals surface area contributed by atoms with Crippen LogP contribution in [-0.2, 0) is 18.4 Å². The van der Waals surface area contributed by atoms with Gasteiger partial charge in [-0.25, -0.2) is 4.98 Å². The number of para-hydroxylation sites is 2. The van der Waals surface area contributed by atoms with Crippen LogP contribution in [0.1, 0.15) is 18.3 Å². The molecule has 0 aliphatic carbocycles. The van der Waals surface area contributed by atoms with Crippen molar-refractivity contribution in [2.24, 2.45) is 7.05 Å². The highest BCUT2D eigenvalue weighted by atomic mass is 16.5. The Morgan fingerprint density at radius 2 is 2.04 bits per heavy atom. The second-order valence-corrected chi connectivity index (χ2v) is 5.87. The van der Waals surface area contributed by atoms with Crippen LogP contribution in [0.25, 0.3) is 11.0 Å². The zero-order chi connectivity index (χ0) is 17.1. The van der Waals surface area contributed by atoms with Gasteiger partial charge in [-0.2, -0.15) is 0 Å². The van der Waals surface area contributed by atoms with Gasteiger partial charge in [-0.3, -0.25) is 4.79 Å². The van der Waals surface area contributed by atoms with Crippen molar-refractivity contribution in [2.45, 2.75) is 26.5 Å². The van der Waals surface area contributed by atoms with Crippen LogP contribution in [0.5, 0.6) is 5.75 Å². The molecule has 2 aromatic carbocycles. The molecule has 5 heteroatoms. The minimum atomic E-state index is -0.568. The molecular formula is C19H21N3O2. The monoisotopic (exact) mass is 323 g/mol. The van der Waals surface area contributed by atoms with Gasteiger partial charge in [-0.05, 0) is 43.7 Å². The number of fused-ring (bicyclic) bond motifs is 1. The molecule has 0 fully saturated rings. The number of ether oxygens (including phenoxy) is 1. The van der Waals surface area contributed by atoms with Gasteiger partial charge in [0.15, 0.2) is 6.10 Å². The summed E-state index contributed by atoms with van der Waals surface area (Å²) in [6.07, 6.45) is -0.568. The van der Waals surface area contributed by atoms with E-state index in [1.54, 1.807) is 6.92 Å². The standard InChI is InChI=1S/C19H21N3O2/c1-13-7-6-8-15(11-13)24-14(2)19(23)20-12-18-21-16-9-4-5-10-17(16)22(18)3/h4-11,14H,12H2,1-3H3,(H,20,23). The molecule has 3 rings (SSSR count). The van der Waals surface area contributed by atoms with Gasteiger partial charge in [-0.1, -0.05) is 24.3 Å². The average Bonchev–Trinajstić information content (AvgIpc) is 2.89. The van der Waals surface area contributed by atoms with E-state index >= 15 is 0 Å². The minimum Gasteiger partial charge on any atom is -0.481 e. The lowest BCUT2D eigenvalue weighted by Gasteiger charge is -2.15. The van der Waals surface area contributed by atoms with Crippen molar-refractivity contribution in [2.75, 3.05) is 0 Å². The predicted octanol–water partition coefficient (Wildman–Crippen LogP) is 2.97. The maximum absolute atomic E-state index is 12.3. The van der Waals surface area contributed by atoms with Gasteiger partial charge in [0.25, 0.3) is 5.91 Å². The molecule has 1 unspecified atom stereocenters. The van der Waals surface area contributed by atoms with Gasteiger partial charge in [0.2, 0.25) is 0 Å². The maximum Gasteiger partial charge on any atom is 0.261 e. The average molecular weight is 323 g/mol. The Balaban J connectivity index is 1.63. The third-order valence-electron chi connectivity index (χ3n) is 3.97. The first-order valence-electron chi connectivity index (χ1n) is 7.96. The van der Waals surface area contributed by atoms with Crippen LogP contribution >= 0.6 is 0 Å². The molecule has 1 aromatic heterocycles. The highest BCUT2D eigenvalue weighted by Gasteiger charge is 2.16. The number of imidazole rings is 1. The summed E-state index contributed by atoms with van der Waals surface area (Å²) < 4.78 is 7.68. The summed E-state index contributed by atoms with van der Waals surface area (Å²) in [5, 5.41) is 2.89. The molecule has 124 valence electrons. The van der Waals surface area contributed by atoms with Crippen LogP contribution in [0.3, 0.4) is 0 Å². The molecule has 0 spiro atoms. The molecule has 3 aromatic rings. The molecule has 0 aliphatic heterocycles. The fourth-order valence-corrected chi connectivity index (χ4v) is 2.61. The van der Waals surface area contributed by atoms with E-state index in [2.05, 4.69) is 10.3 Å². The van der Waals surface area contributed by atoms with E-state index in [1.165, 1.54) is 0 Å². The lowest BCUT2D eigenvalue weighted by molar-refractivity contribution is -0.127. The van der Waals surface area contributed by atoms with Crippen molar-refractivity contribution in [1.82, 2.24) is 14.9 Å². The number of hydrogen-bond donors (Lipinski definition) is 1. The summed E-state index contributed by atoms with van der Waals surface area (Å²) in [5.74, 6) is 1.34. The Bertz CT molecular complexity index is 870. The van der Waals surface area contributed by atoms with E-state index in [4.69, 9.17) is 4.74 Å². The van der Waals surface area contributed by atoms with Crippen LogP contribution in [0.2, 0.25) is 0 Å². The van der Waals surface area contributed by atoms with Gasteiger partial charge in [-0.15, -0.1) is 0 Å². The fourth-order valence-electron chi connectivity index (χ4n) is 2.61. The second kappa shape index (κ2) is 6.74. The lowest BCUT2D eigenvalue weighted by atomic mass is 10.2. The summed E-state index contributed by atoms with van der Waals surface area (Å²) >= 11 is 0. The van der Waals surface area contributed by atoms with Crippen molar-refractivity contribution in [3.05, 3.63) is 59.9 Å². The van der Waals surface area contributed by atoms with Crippen molar-refractivity contribution < 1.29 is 9.53 Å². The molecule has 24 heavy (non-hydrogen) atoms. The van der Waals surface area contributed by atoms with Crippen LogP contribution < -0.4 is 10.1 Å². The van der Waals surface area contributed by atoms with Crippen LogP contribution in [0.15, 0.2) is 48.5 Å². The van der Waals surface area contributed by atoms with Gasteiger partial charge in [0.1, 0.15) is 11.6 Å². The molecule has 1 N–H and O–H groups in total. The lowest BCUT2D eigenvalue weighted by Crippen LogP contribution is -2.36. The Kier molecular flexibility index (Phi) is 4.51. The first-order chi connectivity index (χ1) is 11.5.